The quantitative estimate of drug-likeness (QED) is 0.886. The van der Waals surface area contributed by atoms with E-state index in [1.54, 1.807) is 0 Å². The Labute approximate surface area is 125 Å². The highest BCUT2D eigenvalue weighted by atomic mass is 16.5. The second kappa shape index (κ2) is 6.29. The monoisotopic (exact) mass is 283 g/mol. The molecule has 2 atom stereocenters. The van der Waals surface area contributed by atoms with Crippen molar-refractivity contribution in [3.63, 3.8) is 0 Å². The first-order valence-electron chi connectivity index (χ1n) is 7.41. The van der Waals surface area contributed by atoms with Gasteiger partial charge in [-0.3, -0.25) is 0 Å². The van der Waals surface area contributed by atoms with E-state index in [0.717, 1.165) is 24.3 Å². The van der Waals surface area contributed by atoms with Crippen molar-refractivity contribution in [1.82, 2.24) is 5.32 Å². The molecule has 0 spiro atoms. The molecule has 110 valence electrons. The van der Waals surface area contributed by atoms with Gasteiger partial charge in [-0.25, -0.2) is 0 Å². The van der Waals surface area contributed by atoms with E-state index in [9.17, 15) is 5.11 Å². The number of nitrogens with one attached hydrogen (secondary N) is 1. The van der Waals surface area contributed by atoms with E-state index in [1.807, 2.05) is 36.4 Å². The van der Waals surface area contributed by atoms with Crippen LogP contribution < -0.4 is 10.1 Å². The highest BCUT2D eigenvalue weighted by Crippen LogP contribution is 2.29. The van der Waals surface area contributed by atoms with Gasteiger partial charge in [0.2, 0.25) is 0 Å². The Morgan fingerprint density at radius 2 is 2.05 bits per heavy atom. The number of aliphatic hydroxyl groups excluding tert-OH is 1. The molecule has 0 saturated carbocycles. The molecule has 3 rings (SSSR count). The summed E-state index contributed by atoms with van der Waals surface area (Å²) in [6, 6.07) is 16.3. The fourth-order valence-electron chi connectivity index (χ4n) is 2.81. The summed E-state index contributed by atoms with van der Waals surface area (Å²) in [4.78, 5) is 0. The maximum atomic E-state index is 9.56. The smallest absolute Gasteiger partial charge is 0.123 e. The molecule has 21 heavy (non-hydrogen) atoms. The summed E-state index contributed by atoms with van der Waals surface area (Å²) >= 11 is 0. The van der Waals surface area contributed by atoms with Crippen LogP contribution in [0.15, 0.2) is 48.5 Å². The van der Waals surface area contributed by atoms with Crippen LogP contribution >= 0.6 is 0 Å². The first-order chi connectivity index (χ1) is 10.3. The minimum absolute atomic E-state index is 0.0414. The summed E-state index contributed by atoms with van der Waals surface area (Å²) in [5.74, 6) is 0.993. The van der Waals surface area contributed by atoms with Gasteiger partial charge in [-0.1, -0.05) is 48.0 Å². The third-order valence-electron chi connectivity index (χ3n) is 3.93. The second-order valence-electron chi connectivity index (χ2n) is 5.61. The number of fused-ring (bicyclic) bond motifs is 1. The van der Waals surface area contributed by atoms with Crippen molar-refractivity contribution in [2.75, 3.05) is 13.2 Å². The van der Waals surface area contributed by atoms with Crippen LogP contribution in [0.3, 0.4) is 0 Å². The molecule has 0 aliphatic carbocycles. The molecule has 2 unspecified atom stereocenters. The molecular weight excluding hydrogens is 262 g/mol. The van der Waals surface area contributed by atoms with E-state index in [0.29, 0.717) is 0 Å². The van der Waals surface area contributed by atoms with Gasteiger partial charge in [0.25, 0.3) is 0 Å². The lowest BCUT2D eigenvalue weighted by atomic mass is 10.1. The third-order valence-corrected chi connectivity index (χ3v) is 3.93. The Balaban J connectivity index is 1.59. The molecular formula is C18H21NO2. The third kappa shape index (κ3) is 3.26. The number of aryl methyl sites for hydroxylation is 1. The molecule has 0 bridgehead atoms. The topological polar surface area (TPSA) is 41.5 Å². The fraction of sp³-hybridized carbons (Fsp3) is 0.333. The SMILES string of the molecule is Cc1ccc2c(c1)CC(CNC(CO)c1ccccc1)O2. The van der Waals surface area contributed by atoms with E-state index in [4.69, 9.17) is 4.74 Å². The zero-order valence-corrected chi connectivity index (χ0v) is 12.3. The number of ether oxygens (including phenoxy) is 1. The predicted molar refractivity (Wildman–Crippen MR) is 83.6 cm³/mol. The van der Waals surface area contributed by atoms with E-state index < -0.39 is 0 Å². The first-order valence-corrected chi connectivity index (χ1v) is 7.41. The van der Waals surface area contributed by atoms with Gasteiger partial charge in [0.05, 0.1) is 12.6 Å². The molecule has 2 N–H and O–H groups in total. The molecule has 0 aromatic heterocycles. The van der Waals surface area contributed by atoms with Gasteiger partial charge < -0.3 is 15.2 Å². The van der Waals surface area contributed by atoms with E-state index in [-0.39, 0.29) is 18.8 Å². The Morgan fingerprint density at radius 1 is 1.24 bits per heavy atom. The molecule has 0 fully saturated rings. The largest absolute Gasteiger partial charge is 0.488 e. The maximum Gasteiger partial charge on any atom is 0.123 e. The molecule has 0 amide bonds. The van der Waals surface area contributed by atoms with Gasteiger partial charge in [-0.15, -0.1) is 0 Å². The zero-order valence-electron chi connectivity index (χ0n) is 12.3. The molecule has 2 aromatic rings. The lowest BCUT2D eigenvalue weighted by Crippen LogP contribution is -2.34. The molecule has 1 aliphatic heterocycles. The Morgan fingerprint density at radius 3 is 2.81 bits per heavy atom. The van der Waals surface area contributed by atoms with Gasteiger partial charge >= 0.3 is 0 Å². The lowest BCUT2D eigenvalue weighted by Gasteiger charge is -2.19. The van der Waals surface area contributed by atoms with Crippen LogP contribution in [0.2, 0.25) is 0 Å². The normalized spacial score (nSPS) is 18.1. The molecule has 1 aliphatic rings. The molecule has 0 radical (unpaired) electrons. The van der Waals surface area contributed by atoms with Crippen LogP contribution in [-0.2, 0) is 6.42 Å². The number of hydrogen-bond acceptors (Lipinski definition) is 3. The molecule has 3 nitrogen and oxygen atoms in total. The van der Waals surface area contributed by atoms with Gasteiger partial charge in [0, 0.05) is 13.0 Å². The second-order valence-corrected chi connectivity index (χ2v) is 5.61. The van der Waals surface area contributed by atoms with E-state index in [2.05, 4.69) is 24.4 Å². The van der Waals surface area contributed by atoms with Crippen molar-refractivity contribution in [3.05, 3.63) is 65.2 Å². The number of rotatable bonds is 5. The summed E-state index contributed by atoms with van der Waals surface area (Å²) in [5, 5.41) is 13.0. The van der Waals surface area contributed by atoms with Gasteiger partial charge in [0.15, 0.2) is 0 Å². The fourth-order valence-corrected chi connectivity index (χ4v) is 2.81. The minimum Gasteiger partial charge on any atom is -0.488 e. The van der Waals surface area contributed by atoms with Crippen molar-refractivity contribution in [1.29, 1.82) is 0 Å². The number of aliphatic hydroxyl groups is 1. The Hall–Kier alpha value is -1.84. The van der Waals surface area contributed by atoms with Crippen LogP contribution in [0.1, 0.15) is 22.7 Å². The lowest BCUT2D eigenvalue weighted by molar-refractivity contribution is 0.197. The molecule has 2 aromatic carbocycles. The van der Waals surface area contributed by atoms with E-state index >= 15 is 0 Å². The van der Waals surface area contributed by atoms with Crippen molar-refractivity contribution in [2.45, 2.75) is 25.5 Å². The Kier molecular flexibility index (Phi) is 4.23. The van der Waals surface area contributed by atoms with Gasteiger partial charge in [-0.2, -0.15) is 0 Å². The standard InChI is InChI=1S/C18H21NO2/c1-13-7-8-18-15(9-13)10-16(21-18)11-19-17(12-20)14-5-3-2-4-6-14/h2-9,16-17,19-20H,10-12H2,1H3. The summed E-state index contributed by atoms with van der Waals surface area (Å²) in [6.45, 7) is 2.92. The summed E-state index contributed by atoms with van der Waals surface area (Å²) in [5.41, 5.74) is 3.65. The average Bonchev–Trinajstić information content (AvgIpc) is 2.91. The molecule has 1 heterocycles. The number of benzene rings is 2. The highest BCUT2D eigenvalue weighted by molar-refractivity contribution is 5.40. The van der Waals surface area contributed by atoms with Crippen LogP contribution in [0.4, 0.5) is 0 Å². The van der Waals surface area contributed by atoms with Crippen molar-refractivity contribution in [3.8, 4) is 5.75 Å². The van der Waals surface area contributed by atoms with E-state index in [1.165, 1.54) is 11.1 Å². The summed E-state index contributed by atoms with van der Waals surface area (Å²) in [7, 11) is 0. The maximum absolute atomic E-state index is 9.56. The molecule has 3 heteroatoms. The summed E-state index contributed by atoms with van der Waals surface area (Å²) < 4.78 is 5.95. The predicted octanol–water partition coefficient (Wildman–Crippen LogP) is 2.62. The molecule has 0 saturated heterocycles. The van der Waals surface area contributed by atoms with Gasteiger partial charge in [0.1, 0.15) is 11.9 Å². The van der Waals surface area contributed by atoms with Crippen LogP contribution in [0, 0.1) is 6.92 Å². The Bertz CT molecular complexity index is 597. The van der Waals surface area contributed by atoms with Crippen LogP contribution in [0.5, 0.6) is 5.75 Å². The summed E-state index contributed by atoms with van der Waals surface area (Å²) in [6.07, 6.45) is 1.07. The average molecular weight is 283 g/mol. The van der Waals surface area contributed by atoms with Crippen LogP contribution in [-0.4, -0.2) is 24.4 Å². The van der Waals surface area contributed by atoms with Gasteiger partial charge in [-0.05, 0) is 24.1 Å². The minimum atomic E-state index is -0.0414. The number of hydrogen-bond donors (Lipinski definition) is 2. The van der Waals surface area contributed by atoms with Crippen molar-refractivity contribution < 1.29 is 9.84 Å². The zero-order chi connectivity index (χ0) is 14.7. The highest BCUT2D eigenvalue weighted by Gasteiger charge is 2.23. The first kappa shape index (κ1) is 14.1. The van der Waals surface area contributed by atoms with Crippen LogP contribution in [0.25, 0.3) is 0 Å². The van der Waals surface area contributed by atoms with Crippen molar-refractivity contribution in [2.24, 2.45) is 0 Å². The van der Waals surface area contributed by atoms with Crippen molar-refractivity contribution >= 4 is 0 Å².